The zero-order chi connectivity index (χ0) is 13.7. The Hall–Kier alpha value is -1.98. The van der Waals surface area contributed by atoms with Crippen LogP contribution in [-0.4, -0.2) is 37.2 Å². The van der Waals surface area contributed by atoms with E-state index in [1.165, 1.54) is 0 Å². The molecule has 1 aromatic heterocycles. The van der Waals surface area contributed by atoms with E-state index < -0.39 is 0 Å². The molecule has 2 rings (SSSR count). The number of ether oxygens (including phenoxy) is 1. The van der Waals surface area contributed by atoms with Crippen LogP contribution in [0, 0.1) is 0 Å². The predicted molar refractivity (Wildman–Crippen MR) is 73.9 cm³/mol. The monoisotopic (exact) mass is 259 g/mol. The first-order valence-corrected chi connectivity index (χ1v) is 6.09. The number of hydrogen-bond acceptors (Lipinski definition) is 4. The van der Waals surface area contributed by atoms with Crippen molar-refractivity contribution >= 4 is 16.8 Å². The zero-order valence-electron chi connectivity index (χ0n) is 10.8. The van der Waals surface area contributed by atoms with E-state index in [2.05, 4.69) is 10.3 Å². The van der Waals surface area contributed by atoms with Gasteiger partial charge in [-0.25, -0.2) is 0 Å². The summed E-state index contributed by atoms with van der Waals surface area (Å²) in [5, 5.41) is 3.78. The molecular formula is C14H17N3O2. The van der Waals surface area contributed by atoms with Gasteiger partial charge in [0.2, 0.25) is 0 Å². The molecule has 0 aliphatic rings. The van der Waals surface area contributed by atoms with Crippen LogP contribution in [0.25, 0.3) is 10.9 Å². The van der Waals surface area contributed by atoms with Gasteiger partial charge in [-0.15, -0.1) is 0 Å². The number of rotatable bonds is 5. The first kappa shape index (κ1) is 13.5. The highest BCUT2D eigenvalue weighted by molar-refractivity contribution is 5.98. The lowest BCUT2D eigenvalue weighted by Gasteiger charge is -2.15. The molecule has 5 nitrogen and oxygen atoms in total. The Labute approximate surface area is 111 Å². The third-order valence-electron chi connectivity index (χ3n) is 2.85. The van der Waals surface area contributed by atoms with Gasteiger partial charge in [-0.05, 0) is 24.3 Å². The Balaban J connectivity index is 2.16. The van der Waals surface area contributed by atoms with Crippen LogP contribution in [0.15, 0.2) is 36.5 Å². The van der Waals surface area contributed by atoms with Crippen LogP contribution in [-0.2, 0) is 4.74 Å². The van der Waals surface area contributed by atoms with Crippen LogP contribution in [0.3, 0.4) is 0 Å². The fourth-order valence-corrected chi connectivity index (χ4v) is 1.86. The van der Waals surface area contributed by atoms with Gasteiger partial charge in [-0.2, -0.15) is 0 Å². The highest BCUT2D eigenvalue weighted by Gasteiger charge is 2.12. The minimum Gasteiger partial charge on any atom is -0.383 e. The second-order valence-electron chi connectivity index (χ2n) is 4.27. The molecule has 0 saturated carbocycles. The molecule has 19 heavy (non-hydrogen) atoms. The number of benzene rings is 1. The fourth-order valence-electron chi connectivity index (χ4n) is 1.86. The van der Waals surface area contributed by atoms with E-state index in [0.29, 0.717) is 18.7 Å². The Kier molecular flexibility index (Phi) is 4.43. The van der Waals surface area contributed by atoms with Gasteiger partial charge < -0.3 is 15.8 Å². The normalized spacial score (nSPS) is 12.3. The van der Waals surface area contributed by atoms with E-state index >= 15 is 0 Å². The summed E-state index contributed by atoms with van der Waals surface area (Å²) >= 11 is 0. The van der Waals surface area contributed by atoms with Crippen molar-refractivity contribution < 1.29 is 9.53 Å². The van der Waals surface area contributed by atoms with E-state index in [1.807, 2.05) is 24.3 Å². The molecule has 3 N–H and O–H groups in total. The Morgan fingerprint density at radius 1 is 1.47 bits per heavy atom. The summed E-state index contributed by atoms with van der Waals surface area (Å²) in [5.41, 5.74) is 7.03. The maximum absolute atomic E-state index is 12.1. The van der Waals surface area contributed by atoms with Gasteiger partial charge in [0.15, 0.2) is 0 Å². The van der Waals surface area contributed by atoms with E-state index in [0.717, 1.165) is 10.9 Å². The smallest absolute Gasteiger partial charge is 0.251 e. The van der Waals surface area contributed by atoms with Crippen LogP contribution < -0.4 is 11.1 Å². The van der Waals surface area contributed by atoms with E-state index in [9.17, 15) is 4.79 Å². The van der Waals surface area contributed by atoms with E-state index in [4.69, 9.17) is 10.5 Å². The SMILES string of the molecule is COCC(CN)NC(=O)c1ccc2ncccc2c1. The number of fused-ring (bicyclic) bond motifs is 1. The predicted octanol–water partition coefficient (Wildman–Crippen LogP) is 0.938. The minimum absolute atomic E-state index is 0.154. The standard InChI is InChI=1S/C14H17N3O2/c1-19-9-12(8-15)17-14(18)11-4-5-13-10(7-11)3-2-6-16-13/h2-7,12H,8-9,15H2,1H3,(H,17,18). The van der Waals surface area contributed by atoms with Crippen molar-refractivity contribution in [3.05, 3.63) is 42.1 Å². The number of aromatic nitrogens is 1. The molecule has 1 heterocycles. The maximum Gasteiger partial charge on any atom is 0.251 e. The number of pyridine rings is 1. The molecule has 1 unspecified atom stereocenters. The van der Waals surface area contributed by atoms with Crippen molar-refractivity contribution in [3.8, 4) is 0 Å². The van der Waals surface area contributed by atoms with Gasteiger partial charge in [0.05, 0.1) is 18.2 Å². The molecule has 0 aliphatic heterocycles. The number of carbonyl (C=O) groups excluding carboxylic acids is 1. The summed E-state index contributed by atoms with van der Waals surface area (Å²) < 4.78 is 5.00. The molecule has 1 atom stereocenters. The number of nitrogens with zero attached hydrogens (tertiary/aromatic N) is 1. The van der Waals surface area contributed by atoms with Crippen LogP contribution in [0.5, 0.6) is 0 Å². The summed E-state index contributed by atoms with van der Waals surface area (Å²) in [6.45, 7) is 0.742. The quantitative estimate of drug-likeness (QED) is 0.837. The molecule has 1 amide bonds. The molecule has 0 bridgehead atoms. The van der Waals surface area contributed by atoms with Gasteiger partial charge in [-0.3, -0.25) is 9.78 Å². The molecule has 0 aliphatic carbocycles. The van der Waals surface area contributed by atoms with E-state index in [-0.39, 0.29) is 11.9 Å². The van der Waals surface area contributed by atoms with Crippen molar-refractivity contribution in [2.75, 3.05) is 20.3 Å². The van der Waals surface area contributed by atoms with Crippen molar-refractivity contribution in [1.82, 2.24) is 10.3 Å². The highest BCUT2D eigenvalue weighted by Crippen LogP contribution is 2.13. The average Bonchev–Trinajstić information content (AvgIpc) is 2.46. The molecular weight excluding hydrogens is 242 g/mol. The molecule has 0 spiro atoms. The summed E-state index contributed by atoms with van der Waals surface area (Å²) in [6, 6.07) is 9.00. The summed E-state index contributed by atoms with van der Waals surface area (Å²) in [5.74, 6) is -0.154. The number of hydrogen-bond donors (Lipinski definition) is 2. The molecule has 0 radical (unpaired) electrons. The lowest BCUT2D eigenvalue weighted by Crippen LogP contribution is -2.43. The molecule has 0 fully saturated rings. The molecule has 2 aromatic rings. The van der Waals surface area contributed by atoms with Crippen molar-refractivity contribution in [1.29, 1.82) is 0 Å². The minimum atomic E-state index is -0.179. The van der Waals surface area contributed by atoms with Gasteiger partial charge >= 0.3 is 0 Å². The first-order valence-electron chi connectivity index (χ1n) is 6.09. The number of nitrogens with one attached hydrogen (secondary N) is 1. The van der Waals surface area contributed by atoms with Crippen LogP contribution in [0.2, 0.25) is 0 Å². The van der Waals surface area contributed by atoms with Crippen LogP contribution in [0.1, 0.15) is 10.4 Å². The Morgan fingerprint density at radius 2 is 2.32 bits per heavy atom. The third kappa shape index (κ3) is 3.27. The molecule has 0 saturated heterocycles. The van der Waals surface area contributed by atoms with E-state index in [1.54, 1.807) is 19.4 Å². The first-order chi connectivity index (χ1) is 9.24. The van der Waals surface area contributed by atoms with Gasteiger partial charge in [0.25, 0.3) is 5.91 Å². The lowest BCUT2D eigenvalue weighted by molar-refractivity contribution is 0.0901. The van der Waals surface area contributed by atoms with Gasteiger partial charge in [0.1, 0.15) is 0 Å². The third-order valence-corrected chi connectivity index (χ3v) is 2.85. The summed E-state index contributed by atoms with van der Waals surface area (Å²) in [6.07, 6.45) is 1.73. The van der Waals surface area contributed by atoms with Crippen molar-refractivity contribution in [2.24, 2.45) is 5.73 Å². The van der Waals surface area contributed by atoms with Crippen molar-refractivity contribution in [2.45, 2.75) is 6.04 Å². The number of methoxy groups -OCH3 is 1. The number of carbonyl (C=O) groups is 1. The second-order valence-corrected chi connectivity index (χ2v) is 4.27. The van der Waals surface area contributed by atoms with Gasteiger partial charge in [-0.1, -0.05) is 6.07 Å². The topological polar surface area (TPSA) is 77.2 Å². The summed E-state index contributed by atoms with van der Waals surface area (Å²) in [7, 11) is 1.58. The number of nitrogens with two attached hydrogens (primary N) is 1. The second kappa shape index (κ2) is 6.26. The van der Waals surface area contributed by atoms with Gasteiger partial charge in [0, 0.05) is 30.8 Å². The van der Waals surface area contributed by atoms with Crippen LogP contribution in [0.4, 0.5) is 0 Å². The zero-order valence-corrected chi connectivity index (χ0v) is 10.8. The molecule has 5 heteroatoms. The highest BCUT2D eigenvalue weighted by atomic mass is 16.5. The maximum atomic E-state index is 12.1. The fraction of sp³-hybridized carbons (Fsp3) is 0.286. The Bertz CT molecular complexity index is 571. The number of amides is 1. The average molecular weight is 259 g/mol. The van der Waals surface area contributed by atoms with Crippen molar-refractivity contribution in [3.63, 3.8) is 0 Å². The largest absolute Gasteiger partial charge is 0.383 e. The summed E-state index contributed by atoms with van der Waals surface area (Å²) in [4.78, 5) is 16.3. The molecule has 1 aromatic carbocycles. The lowest BCUT2D eigenvalue weighted by atomic mass is 10.1. The van der Waals surface area contributed by atoms with Crippen LogP contribution >= 0.6 is 0 Å². The molecule has 100 valence electrons. The Morgan fingerprint density at radius 3 is 3.05 bits per heavy atom.